The SMILES string of the molecule is O=C(O)C1CCN(C(=O)Cc2cn3ccccc3n2)C1. The molecular formula is C14H15N3O3. The van der Waals surface area contributed by atoms with Crippen LogP contribution in [0.1, 0.15) is 12.1 Å². The molecule has 3 heterocycles. The second-order valence-corrected chi connectivity index (χ2v) is 5.04. The number of likely N-dealkylation sites (tertiary alicyclic amines) is 1. The number of fused-ring (bicyclic) bond motifs is 1. The van der Waals surface area contributed by atoms with Crippen LogP contribution in [0.4, 0.5) is 0 Å². The number of hydrogen-bond acceptors (Lipinski definition) is 3. The van der Waals surface area contributed by atoms with Crippen LogP contribution in [-0.2, 0) is 16.0 Å². The summed E-state index contributed by atoms with van der Waals surface area (Å²) >= 11 is 0. The molecule has 6 heteroatoms. The van der Waals surface area contributed by atoms with Crippen molar-refractivity contribution < 1.29 is 14.7 Å². The minimum absolute atomic E-state index is 0.0582. The van der Waals surface area contributed by atoms with Gasteiger partial charge in [-0.05, 0) is 18.6 Å². The molecule has 1 aliphatic heterocycles. The molecule has 3 rings (SSSR count). The van der Waals surface area contributed by atoms with Gasteiger partial charge in [-0.25, -0.2) is 4.98 Å². The van der Waals surface area contributed by atoms with Crippen molar-refractivity contribution in [1.82, 2.24) is 14.3 Å². The number of aliphatic carboxylic acids is 1. The van der Waals surface area contributed by atoms with Gasteiger partial charge in [0.1, 0.15) is 5.65 Å². The number of nitrogens with zero attached hydrogens (tertiary/aromatic N) is 3. The maximum absolute atomic E-state index is 12.1. The van der Waals surface area contributed by atoms with Gasteiger partial charge >= 0.3 is 5.97 Å². The summed E-state index contributed by atoms with van der Waals surface area (Å²) in [7, 11) is 0. The second kappa shape index (κ2) is 4.96. The zero-order valence-corrected chi connectivity index (χ0v) is 10.9. The van der Waals surface area contributed by atoms with Crippen LogP contribution in [0.2, 0.25) is 0 Å². The number of rotatable bonds is 3. The van der Waals surface area contributed by atoms with Crippen LogP contribution in [-0.4, -0.2) is 44.4 Å². The number of pyridine rings is 1. The van der Waals surface area contributed by atoms with Crippen molar-refractivity contribution in [2.75, 3.05) is 13.1 Å². The number of hydrogen-bond donors (Lipinski definition) is 1. The van der Waals surface area contributed by atoms with Gasteiger partial charge in [-0.3, -0.25) is 9.59 Å². The van der Waals surface area contributed by atoms with Crippen molar-refractivity contribution in [1.29, 1.82) is 0 Å². The zero-order chi connectivity index (χ0) is 14.1. The Morgan fingerprint density at radius 2 is 2.25 bits per heavy atom. The number of imidazole rings is 1. The lowest BCUT2D eigenvalue weighted by Crippen LogP contribution is -2.31. The summed E-state index contributed by atoms with van der Waals surface area (Å²) in [6, 6.07) is 5.67. The van der Waals surface area contributed by atoms with Crippen molar-refractivity contribution in [3.8, 4) is 0 Å². The van der Waals surface area contributed by atoms with Gasteiger partial charge in [0.15, 0.2) is 0 Å². The second-order valence-electron chi connectivity index (χ2n) is 5.04. The highest BCUT2D eigenvalue weighted by Gasteiger charge is 2.30. The van der Waals surface area contributed by atoms with E-state index >= 15 is 0 Å². The predicted octanol–water partition coefficient (Wildman–Crippen LogP) is 0.810. The molecule has 1 unspecified atom stereocenters. The molecule has 6 nitrogen and oxygen atoms in total. The molecule has 0 aromatic carbocycles. The third-order valence-corrected chi connectivity index (χ3v) is 3.64. The predicted molar refractivity (Wildman–Crippen MR) is 71.2 cm³/mol. The van der Waals surface area contributed by atoms with Crippen LogP contribution in [0, 0.1) is 5.92 Å². The highest BCUT2D eigenvalue weighted by atomic mass is 16.4. The number of aromatic nitrogens is 2. The minimum Gasteiger partial charge on any atom is -0.481 e. The van der Waals surface area contributed by atoms with E-state index in [1.807, 2.05) is 35.0 Å². The smallest absolute Gasteiger partial charge is 0.308 e. The molecule has 1 aliphatic rings. The average molecular weight is 273 g/mol. The number of carbonyl (C=O) groups is 2. The van der Waals surface area contributed by atoms with E-state index < -0.39 is 11.9 Å². The summed E-state index contributed by atoms with van der Waals surface area (Å²) in [4.78, 5) is 29.0. The van der Waals surface area contributed by atoms with E-state index in [4.69, 9.17) is 5.11 Å². The standard InChI is InChI=1S/C14H15N3O3/c18-13(17-6-4-10(8-17)14(19)20)7-11-9-16-5-2-1-3-12(16)15-11/h1-3,5,9-10H,4,6-8H2,(H,19,20). The van der Waals surface area contributed by atoms with Crippen LogP contribution in [0.25, 0.3) is 5.65 Å². The van der Waals surface area contributed by atoms with Crippen molar-refractivity contribution in [2.24, 2.45) is 5.92 Å². The largest absolute Gasteiger partial charge is 0.481 e. The first kappa shape index (κ1) is 12.7. The monoisotopic (exact) mass is 273 g/mol. The molecule has 2 aromatic heterocycles. The van der Waals surface area contributed by atoms with Crippen molar-refractivity contribution in [3.05, 3.63) is 36.3 Å². The number of carboxylic acid groups (broad SMARTS) is 1. The summed E-state index contributed by atoms with van der Waals surface area (Å²) in [6.07, 6.45) is 4.46. The summed E-state index contributed by atoms with van der Waals surface area (Å²) < 4.78 is 1.87. The van der Waals surface area contributed by atoms with Gasteiger partial charge in [0, 0.05) is 25.5 Å². The molecule has 2 aromatic rings. The molecule has 1 amide bonds. The Kier molecular flexibility index (Phi) is 3.14. The summed E-state index contributed by atoms with van der Waals surface area (Å²) in [6.45, 7) is 0.824. The van der Waals surface area contributed by atoms with Gasteiger partial charge in [0.25, 0.3) is 0 Å². The van der Waals surface area contributed by atoms with Gasteiger partial charge in [0.05, 0.1) is 18.0 Å². The molecule has 1 fully saturated rings. The van der Waals surface area contributed by atoms with Crippen LogP contribution in [0.5, 0.6) is 0 Å². The molecule has 0 radical (unpaired) electrons. The fourth-order valence-electron chi connectivity index (χ4n) is 2.53. The number of amides is 1. The summed E-state index contributed by atoms with van der Waals surface area (Å²) in [5.74, 6) is -1.31. The highest BCUT2D eigenvalue weighted by molar-refractivity contribution is 5.80. The number of carboxylic acids is 1. The lowest BCUT2D eigenvalue weighted by molar-refractivity contribution is -0.141. The first-order valence-electron chi connectivity index (χ1n) is 6.56. The van der Waals surface area contributed by atoms with Crippen LogP contribution < -0.4 is 0 Å². The van der Waals surface area contributed by atoms with E-state index in [1.165, 1.54) is 0 Å². The van der Waals surface area contributed by atoms with Crippen LogP contribution in [0.3, 0.4) is 0 Å². The maximum Gasteiger partial charge on any atom is 0.308 e. The molecule has 0 bridgehead atoms. The molecular weight excluding hydrogens is 258 g/mol. The zero-order valence-electron chi connectivity index (χ0n) is 10.9. The average Bonchev–Trinajstić information content (AvgIpc) is 3.04. The first-order valence-corrected chi connectivity index (χ1v) is 6.56. The molecule has 104 valence electrons. The van der Waals surface area contributed by atoms with Gasteiger partial charge in [-0.1, -0.05) is 6.07 Å². The van der Waals surface area contributed by atoms with E-state index in [-0.39, 0.29) is 12.3 Å². The van der Waals surface area contributed by atoms with E-state index in [1.54, 1.807) is 4.90 Å². The van der Waals surface area contributed by atoms with Crippen LogP contribution in [0.15, 0.2) is 30.6 Å². The normalized spacial score (nSPS) is 18.6. The Bertz CT molecular complexity index is 631. The van der Waals surface area contributed by atoms with Gasteiger partial charge in [0.2, 0.25) is 5.91 Å². The molecule has 1 atom stereocenters. The van der Waals surface area contributed by atoms with E-state index in [0.717, 1.165) is 5.65 Å². The number of carbonyl (C=O) groups excluding carboxylic acids is 1. The van der Waals surface area contributed by atoms with Gasteiger partial charge in [-0.15, -0.1) is 0 Å². The molecule has 0 aliphatic carbocycles. The maximum atomic E-state index is 12.1. The Morgan fingerprint density at radius 1 is 1.40 bits per heavy atom. The van der Waals surface area contributed by atoms with Crippen molar-refractivity contribution >= 4 is 17.5 Å². The van der Waals surface area contributed by atoms with Gasteiger partial charge in [-0.2, -0.15) is 0 Å². The fourth-order valence-corrected chi connectivity index (χ4v) is 2.53. The lowest BCUT2D eigenvalue weighted by Gasteiger charge is -2.14. The third-order valence-electron chi connectivity index (χ3n) is 3.64. The summed E-state index contributed by atoms with van der Waals surface area (Å²) in [5, 5.41) is 8.94. The third kappa shape index (κ3) is 2.36. The Balaban J connectivity index is 1.68. The molecule has 1 N–H and O–H groups in total. The molecule has 20 heavy (non-hydrogen) atoms. The minimum atomic E-state index is -0.826. The van der Waals surface area contributed by atoms with E-state index in [0.29, 0.717) is 25.2 Å². The Hall–Kier alpha value is -2.37. The van der Waals surface area contributed by atoms with Gasteiger partial charge < -0.3 is 14.4 Å². The quantitative estimate of drug-likeness (QED) is 0.898. The fraction of sp³-hybridized carbons (Fsp3) is 0.357. The summed E-state index contributed by atoms with van der Waals surface area (Å²) in [5.41, 5.74) is 1.51. The lowest BCUT2D eigenvalue weighted by atomic mass is 10.1. The topological polar surface area (TPSA) is 74.9 Å². The van der Waals surface area contributed by atoms with Crippen molar-refractivity contribution in [3.63, 3.8) is 0 Å². The highest BCUT2D eigenvalue weighted by Crippen LogP contribution is 2.17. The van der Waals surface area contributed by atoms with Crippen LogP contribution >= 0.6 is 0 Å². The molecule has 0 saturated carbocycles. The van der Waals surface area contributed by atoms with E-state index in [9.17, 15) is 9.59 Å². The Labute approximate surface area is 115 Å². The van der Waals surface area contributed by atoms with Crippen molar-refractivity contribution in [2.45, 2.75) is 12.8 Å². The van der Waals surface area contributed by atoms with E-state index in [2.05, 4.69) is 4.98 Å². The Morgan fingerprint density at radius 3 is 2.95 bits per heavy atom. The molecule has 1 saturated heterocycles. The molecule has 0 spiro atoms. The first-order chi connectivity index (χ1) is 9.63.